The van der Waals surface area contributed by atoms with E-state index in [9.17, 15) is 4.79 Å². The maximum Gasteiger partial charge on any atom is 0.253 e. The molecule has 166 valence electrons. The molecular formula is C26H45NO2. The van der Waals surface area contributed by atoms with Gasteiger partial charge in [0.25, 0.3) is 5.91 Å². The summed E-state index contributed by atoms with van der Waals surface area (Å²) < 4.78 is 0. The molecule has 2 N–H and O–H groups in total. The predicted molar refractivity (Wildman–Crippen MR) is 124 cm³/mol. The highest BCUT2D eigenvalue weighted by atomic mass is 16.3. The van der Waals surface area contributed by atoms with Crippen molar-refractivity contribution in [1.29, 1.82) is 0 Å². The number of aliphatic hydroxyl groups excluding tert-OH is 1. The first-order chi connectivity index (χ1) is 14.3. The minimum Gasteiger partial charge on any atom is -0.376 e. The van der Waals surface area contributed by atoms with Crippen LogP contribution in [-0.4, -0.2) is 17.7 Å². The van der Waals surface area contributed by atoms with Gasteiger partial charge >= 0.3 is 0 Å². The Morgan fingerprint density at radius 1 is 0.724 bits per heavy atom. The van der Waals surface area contributed by atoms with Gasteiger partial charge in [0.1, 0.15) is 6.73 Å². The van der Waals surface area contributed by atoms with Gasteiger partial charge in [0.2, 0.25) is 0 Å². The molecule has 0 unspecified atom stereocenters. The molecule has 1 amide bonds. The number of amides is 1. The molecule has 0 aliphatic rings. The Morgan fingerprint density at radius 3 is 1.66 bits per heavy atom. The van der Waals surface area contributed by atoms with Crippen molar-refractivity contribution < 1.29 is 9.90 Å². The molecular weight excluding hydrogens is 358 g/mol. The zero-order valence-corrected chi connectivity index (χ0v) is 18.9. The third kappa shape index (κ3) is 13.5. The van der Waals surface area contributed by atoms with Crippen LogP contribution in [0.4, 0.5) is 0 Å². The van der Waals surface area contributed by atoms with Crippen LogP contribution in [0.15, 0.2) is 24.3 Å². The van der Waals surface area contributed by atoms with E-state index in [0.29, 0.717) is 5.56 Å². The summed E-state index contributed by atoms with van der Waals surface area (Å²) in [4.78, 5) is 12.0. The zero-order valence-electron chi connectivity index (χ0n) is 18.9. The molecule has 3 heteroatoms. The molecule has 3 nitrogen and oxygen atoms in total. The molecule has 0 bridgehead atoms. The summed E-state index contributed by atoms with van der Waals surface area (Å²) in [7, 11) is 0. The van der Waals surface area contributed by atoms with Crippen LogP contribution >= 0.6 is 0 Å². The van der Waals surface area contributed by atoms with E-state index in [-0.39, 0.29) is 12.6 Å². The first-order valence-electron chi connectivity index (χ1n) is 12.3. The fourth-order valence-electron chi connectivity index (χ4n) is 3.99. The Morgan fingerprint density at radius 2 is 1.17 bits per heavy atom. The van der Waals surface area contributed by atoms with Gasteiger partial charge < -0.3 is 10.4 Å². The lowest BCUT2D eigenvalue weighted by Gasteiger charge is -2.09. The number of benzene rings is 1. The van der Waals surface area contributed by atoms with Gasteiger partial charge in [-0.05, 0) is 24.5 Å². The minimum absolute atomic E-state index is 0.181. The predicted octanol–water partition coefficient (Wildman–Crippen LogP) is 7.17. The van der Waals surface area contributed by atoms with Gasteiger partial charge in [-0.15, -0.1) is 0 Å². The molecule has 0 heterocycles. The molecule has 1 rings (SSSR count). The fourth-order valence-corrected chi connectivity index (χ4v) is 3.99. The second kappa shape index (κ2) is 18.7. The lowest BCUT2D eigenvalue weighted by Crippen LogP contribution is -2.25. The highest BCUT2D eigenvalue weighted by Crippen LogP contribution is 2.16. The Hall–Kier alpha value is -1.35. The first kappa shape index (κ1) is 25.7. The number of rotatable bonds is 19. The molecule has 0 aliphatic carbocycles. The smallest absolute Gasteiger partial charge is 0.253 e. The monoisotopic (exact) mass is 403 g/mol. The molecule has 0 radical (unpaired) electrons. The largest absolute Gasteiger partial charge is 0.376 e. The van der Waals surface area contributed by atoms with E-state index in [4.69, 9.17) is 5.11 Å². The Balaban J connectivity index is 1.93. The van der Waals surface area contributed by atoms with Gasteiger partial charge in [0.15, 0.2) is 0 Å². The zero-order chi connectivity index (χ0) is 21.0. The van der Waals surface area contributed by atoms with E-state index in [2.05, 4.69) is 12.2 Å². The van der Waals surface area contributed by atoms with E-state index in [0.717, 1.165) is 18.4 Å². The fraction of sp³-hybridized carbons (Fsp3) is 0.731. The summed E-state index contributed by atoms with van der Waals surface area (Å²) in [5.74, 6) is -0.181. The van der Waals surface area contributed by atoms with Crippen molar-refractivity contribution in [3.8, 4) is 0 Å². The third-order valence-electron chi connectivity index (χ3n) is 5.80. The summed E-state index contributed by atoms with van der Waals surface area (Å²) in [5, 5.41) is 11.4. The second-order valence-electron chi connectivity index (χ2n) is 8.37. The molecule has 0 saturated heterocycles. The SMILES string of the molecule is CCCCCCCCCCCCCCCCCCc1ccccc1C(=O)NCO. The standard InChI is InChI=1S/C26H45NO2/c1-2-3-4-5-6-7-8-9-10-11-12-13-14-15-16-17-20-24-21-18-19-22-25(24)26(29)27-23-28/h18-19,21-22,28H,2-17,20,23H2,1H3,(H,27,29). The van der Waals surface area contributed by atoms with Crippen LogP contribution in [-0.2, 0) is 6.42 Å². The maximum atomic E-state index is 12.0. The highest BCUT2D eigenvalue weighted by Gasteiger charge is 2.09. The van der Waals surface area contributed by atoms with Crippen LogP contribution in [0.25, 0.3) is 0 Å². The third-order valence-corrected chi connectivity index (χ3v) is 5.80. The van der Waals surface area contributed by atoms with Crippen molar-refractivity contribution >= 4 is 5.91 Å². The Labute approximate surface area is 179 Å². The van der Waals surface area contributed by atoms with Crippen LogP contribution in [0.1, 0.15) is 126 Å². The van der Waals surface area contributed by atoms with Crippen molar-refractivity contribution in [1.82, 2.24) is 5.32 Å². The molecule has 0 fully saturated rings. The summed E-state index contributed by atoms with van der Waals surface area (Å²) in [6.45, 7) is 1.97. The molecule has 0 saturated carbocycles. The van der Waals surface area contributed by atoms with E-state index in [1.165, 1.54) is 96.3 Å². The number of nitrogens with one attached hydrogen (secondary N) is 1. The van der Waals surface area contributed by atoms with E-state index >= 15 is 0 Å². The Bertz CT molecular complexity index is 515. The van der Waals surface area contributed by atoms with Gasteiger partial charge in [-0.1, -0.05) is 121 Å². The summed E-state index contributed by atoms with van der Waals surface area (Å²) >= 11 is 0. The van der Waals surface area contributed by atoms with Crippen molar-refractivity contribution in [2.24, 2.45) is 0 Å². The number of unbranched alkanes of at least 4 members (excludes halogenated alkanes) is 15. The van der Waals surface area contributed by atoms with Crippen molar-refractivity contribution in [3.05, 3.63) is 35.4 Å². The van der Waals surface area contributed by atoms with Crippen LogP contribution in [0.2, 0.25) is 0 Å². The number of carbonyl (C=O) groups excluding carboxylic acids is 1. The molecule has 0 spiro atoms. The number of carbonyl (C=O) groups is 1. The summed E-state index contributed by atoms with van der Waals surface area (Å²) in [6, 6.07) is 7.73. The Kier molecular flexibility index (Phi) is 16.5. The van der Waals surface area contributed by atoms with Crippen molar-refractivity contribution in [2.45, 2.75) is 116 Å². The average Bonchev–Trinajstić information content (AvgIpc) is 2.74. The number of hydrogen-bond donors (Lipinski definition) is 2. The van der Waals surface area contributed by atoms with Gasteiger partial charge in [0, 0.05) is 5.56 Å². The number of aryl methyl sites for hydroxylation is 1. The molecule has 0 aliphatic heterocycles. The molecule has 1 aromatic carbocycles. The second-order valence-corrected chi connectivity index (χ2v) is 8.37. The van der Waals surface area contributed by atoms with Crippen LogP contribution < -0.4 is 5.32 Å². The number of aliphatic hydroxyl groups is 1. The van der Waals surface area contributed by atoms with Crippen molar-refractivity contribution in [3.63, 3.8) is 0 Å². The molecule has 29 heavy (non-hydrogen) atoms. The molecule has 0 atom stereocenters. The lowest BCUT2D eigenvalue weighted by atomic mass is 9.99. The van der Waals surface area contributed by atoms with Gasteiger partial charge in [-0.2, -0.15) is 0 Å². The van der Waals surface area contributed by atoms with Crippen LogP contribution in [0.3, 0.4) is 0 Å². The topological polar surface area (TPSA) is 49.3 Å². The highest BCUT2D eigenvalue weighted by molar-refractivity contribution is 5.95. The van der Waals surface area contributed by atoms with Gasteiger partial charge in [0.05, 0.1) is 0 Å². The first-order valence-corrected chi connectivity index (χ1v) is 12.3. The average molecular weight is 404 g/mol. The van der Waals surface area contributed by atoms with Crippen LogP contribution in [0.5, 0.6) is 0 Å². The van der Waals surface area contributed by atoms with Gasteiger partial charge in [-0.3, -0.25) is 4.79 Å². The van der Waals surface area contributed by atoms with E-state index < -0.39 is 0 Å². The minimum atomic E-state index is -0.313. The van der Waals surface area contributed by atoms with Crippen LogP contribution in [0, 0.1) is 0 Å². The summed E-state index contributed by atoms with van der Waals surface area (Å²) in [5.41, 5.74) is 1.78. The quantitative estimate of drug-likeness (QED) is 0.190. The molecule has 1 aromatic rings. The van der Waals surface area contributed by atoms with Crippen molar-refractivity contribution in [2.75, 3.05) is 6.73 Å². The van der Waals surface area contributed by atoms with E-state index in [1.807, 2.05) is 24.3 Å². The summed E-state index contributed by atoms with van der Waals surface area (Å²) in [6.07, 6.45) is 22.9. The van der Waals surface area contributed by atoms with Gasteiger partial charge in [-0.25, -0.2) is 0 Å². The normalized spacial score (nSPS) is 11.0. The maximum absolute atomic E-state index is 12.0. The lowest BCUT2D eigenvalue weighted by molar-refractivity contribution is 0.0909. The van der Waals surface area contributed by atoms with E-state index in [1.54, 1.807) is 0 Å². The number of hydrogen-bond acceptors (Lipinski definition) is 2. The molecule has 0 aromatic heterocycles.